The van der Waals surface area contributed by atoms with Gasteiger partial charge in [-0.05, 0) is 56.3 Å². The van der Waals surface area contributed by atoms with Crippen LogP contribution in [-0.2, 0) is 0 Å². The Morgan fingerprint density at radius 1 is 1.19 bits per heavy atom. The van der Waals surface area contributed by atoms with Crippen LogP contribution in [0.3, 0.4) is 0 Å². The Morgan fingerprint density at radius 2 is 1.97 bits per heavy atom. The quantitative estimate of drug-likeness (QED) is 0.268. The molecule has 0 saturated heterocycles. The Morgan fingerprint density at radius 3 is 2.65 bits per heavy atom. The van der Waals surface area contributed by atoms with Gasteiger partial charge in [-0.15, -0.1) is 10.2 Å². The van der Waals surface area contributed by atoms with Gasteiger partial charge in [-0.2, -0.15) is 8.78 Å². The van der Waals surface area contributed by atoms with Crippen molar-refractivity contribution in [3.05, 3.63) is 65.7 Å². The molecule has 10 heteroatoms. The molecule has 0 aliphatic heterocycles. The number of aryl methyl sites for hydroxylation is 1. The smallest absolute Gasteiger partial charge is 0.387 e. The van der Waals surface area contributed by atoms with Crippen LogP contribution in [0.25, 0.3) is 17.3 Å². The third kappa shape index (κ3) is 4.53. The molecule has 160 valence electrons. The van der Waals surface area contributed by atoms with Crippen LogP contribution in [0.15, 0.2) is 62.8 Å². The molecule has 0 N–H and O–H groups in total. The van der Waals surface area contributed by atoms with E-state index in [2.05, 4.69) is 14.9 Å². The van der Waals surface area contributed by atoms with Gasteiger partial charge in [-0.25, -0.2) is 0 Å². The van der Waals surface area contributed by atoms with Crippen LogP contribution in [0.1, 0.15) is 21.7 Å². The molecule has 0 amide bonds. The molecule has 3 aromatic heterocycles. The van der Waals surface area contributed by atoms with Gasteiger partial charge in [0.15, 0.2) is 11.5 Å². The number of carbonyl (C=O) groups is 1. The maximum Gasteiger partial charge on any atom is 0.387 e. The second-order valence-corrected chi connectivity index (χ2v) is 7.48. The molecular formula is C21H17F2N3O4S. The fraction of sp³-hybridized carbons (Fsp3) is 0.190. The molecule has 0 saturated carbocycles. The summed E-state index contributed by atoms with van der Waals surface area (Å²) in [6, 6.07) is 11.5. The molecule has 0 aliphatic rings. The summed E-state index contributed by atoms with van der Waals surface area (Å²) in [4.78, 5) is 12.8. The highest BCUT2D eigenvalue weighted by molar-refractivity contribution is 7.99. The maximum atomic E-state index is 12.8. The number of hydrogen-bond donors (Lipinski definition) is 0. The molecule has 0 fully saturated rings. The molecule has 0 unspecified atom stereocenters. The number of ketones is 1. The molecule has 4 aromatic rings. The van der Waals surface area contributed by atoms with Crippen molar-refractivity contribution in [1.29, 1.82) is 0 Å². The van der Waals surface area contributed by atoms with Crippen molar-refractivity contribution in [2.75, 3.05) is 5.75 Å². The first kappa shape index (κ1) is 20.9. The monoisotopic (exact) mass is 445 g/mol. The van der Waals surface area contributed by atoms with Crippen LogP contribution < -0.4 is 4.74 Å². The van der Waals surface area contributed by atoms with Crippen molar-refractivity contribution in [3.8, 4) is 23.1 Å². The minimum Gasteiger partial charge on any atom is -0.459 e. The molecule has 31 heavy (non-hydrogen) atoms. The number of Topliss-reactive ketones (excluding diaryl/α,β-unsaturated/α-hetero) is 1. The Bertz CT molecular complexity index is 1180. The minimum atomic E-state index is -2.88. The van der Waals surface area contributed by atoms with Crippen molar-refractivity contribution in [3.63, 3.8) is 0 Å². The van der Waals surface area contributed by atoms with Crippen molar-refractivity contribution < 1.29 is 27.1 Å². The average Bonchev–Trinajstić information content (AvgIpc) is 3.47. The van der Waals surface area contributed by atoms with Crippen LogP contribution in [0, 0.1) is 13.8 Å². The Balaban J connectivity index is 1.47. The van der Waals surface area contributed by atoms with Crippen molar-refractivity contribution in [1.82, 2.24) is 14.8 Å². The van der Waals surface area contributed by atoms with Crippen molar-refractivity contribution >= 4 is 17.5 Å². The summed E-state index contributed by atoms with van der Waals surface area (Å²) >= 11 is 1.14. The summed E-state index contributed by atoms with van der Waals surface area (Å²) in [6.45, 7) is 0.821. The number of rotatable bonds is 8. The molecule has 0 bridgehead atoms. The predicted octanol–water partition coefficient (Wildman–Crippen LogP) is 5.31. The van der Waals surface area contributed by atoms with E-state index in [1.54, 1.807) is 30.3 Å². The molecule has 0 spiro atoms. The number of nitrogens with zero attached hydrogens (tertiary/aromatic N) is 3. The lowest BCUT2D eigenvalue weighted by atomic mass is 10.2. The van der Waals surface area contributed by atoms with Crippen LogP contribution in [0.5, 0.6) is 5.75 Å². The molecule has 0 aliphatic carbocycles. The first-order chi connectivity index (χ1) is 14.9. The Labute approximate surface area is 180 Å². The number of hydrogen-bond acceptors (Lipinski definition) is 7. The lowest BCUT2D eigenvalue weighted by Gasteiger charge is -2.11. The number of carbonyl (C=O) groups excluding carboxylic acids is 1. The van der Waals surface area contributed by atoms with E-state index in [9.17, 15) is 13.6 Å². The fourth-order valence-electron chi connectivity index (χ4n) is 3.19. The molecule has 3 heterocycles. The van der Waals surface area contributed by atoms with E-state index in [4.69, 9.17) is 8.83 Å². The number of thioether (sulfide) groups is 1. The van der Waals surface area contributed by atoms with Gasteiger partial charge >= 0.3 is 6.61 Å². The first-order valence-corrected chi connectivity index (χ1v) is 10.2. The highest BCUT2D eigenvalue weighted by Crippen LogP contribution is 2.27. The fourth-order valence-corrected chi connectivity index (χ4v) is 3.84. The van der Waals surface area contributed by atoms with Gasteiger partial charge in [-0.3, -0.25) is 4.79 Å². The number of aromatic nitrogens is 3. The molecule has 4 rings (SSSR count). The van der Waals surface area contributed by atoms with E-state index in [0.29, 0.717) is 11.3 Å². The van der Waals surface area contributed by atoms with Crippen LogP contribution in [0.4, 0.5) is 8.78 Å². The summed E-state index contributed by atoms with van der Waals surface area (Å²) in [6.07, 6.45) is 1.50. The zero-order valence-corrected chi connectivity index (χ0v) is 17.4. The highest BCUT2D eigenvalue weighted by atomic mass is 32.2. The van der Waals surface area contributed by atoms with Gasteiger partial charge < -0.3 is 18.1 Å². The summed E-state index contributed by atoms with van der Waals surface area (Å²) < 4.78 is 41.7. The van der Waals surface area contributed by atoms with Crippen molar-refractivity contribution in [2.24, 2.45) is 0 Å². The minimum absolute atomic E-state index is 0.0717. The van der Waals surface area contributed by atoms with Gasteiger partial charge in [0.25, 0.3) is 11.1 Å². The SMILES string of the molecule is Cc1cc(C(=O)CSc2nnc(-c3ccco3)o2)c(C)n1-c1ccc(OC(F)F)cc1. The average molecular weight is 445 g/mol. The zero-order chi connectivity index (χ0) is 22.0. The lowest BCUT2D eigenvalue weighted by molar-refractivity contribution is -0.0498. The third-order valence-electron chi connectivity index (χ3n) is 4.52. The second kappa shape index (κ2) is 8.76. The third-order valence-corrected chi connectivity index (χ3v) is 5.34. The van der Waals surface area contributed by atoms with Gasteiger partial charge in [-0.1, -0.05) is 11.8 Å². The number of benzene rings is 1. The summed E-state index contributed by atoms with van der Waals surface area (Å²) in [5, 5.41) is 8.10. The molecule has 0 atom stereocenters. The summed E-state index contributed by atoms with van der Waals surface area (Å²) in [7, 11) is 0. The number of ether oxygens (including phenoxy) is 1. The maximum absolute atomic E-state index is 12.8. The van der Waals surface area contributed by atoms with Crippen LogP contribution >= 0.6 is 11.8 Å². The highest BCUT2D eigenvalue weighted by Gasteiger charge is 2.19. The molecular weight excluding hydrogens is 428 g/mol. The second-order valence-electron chi connectivity index (χ2n) is 6.55. The number of halogens is 2. The van der Waals surface area contributed by atoms with Crippen molar-refractivity contribution in [2.45, 2.75) is 25.7 Å². The predicted molar refractivity (Wildman–Crippen MR) is 109 cm³/mol. The number of furan rings is 1. The van der Waals surface area contributed by atoms with E-state index in [1.807, 2.05) is 18.4 Å². The van der Waals surface area contributed by atoms with E-state index in [0.717, 1.165) is 28.8 Å². The Kier molecular flexibility index (Phi) is 5.90. The topological polar surface area (TPSA) is 83.3 Å². The largest absolute Gasteiger partial charge is 0.459 e. The van der Waals surface area contributed by atoms with E-state index < -0.39 is 6.61 Å². The van der Waals surface area contributed by atoms with Gasteiger partial charge in [0.2, 0.25) is 0 Å². The molecule has 1 aromatic carbocycles. The summed E-state index contributed by atoms with van der Waals surface area (Å²) in [5.74, 6) is 0.796. The zero-order valence-electron chi connectivity index (χ0n) is 16.5. The standard InChI is InChI=1S/C21H17F2N3O4S/c1-12-10-16(13(2)26(12)14-5-7-15(8-6-14)29-20(22)23)17(27)11-31-21-25-24-19(30-21)18-4-3-9-28-18/h3-10,20H,11H2,1-2H3. The van der Waals surface area contributed by atoms with Crippen LogP contribution in [0.2, 0.25) is 0 Å². The molecule has 0 radical (unpaired) electrons. The van der Waals surface area contributed by atoms with Gasteiger partial charge in [0, 0.05) is 22.6 Å². The van der Waals surface area contributed by atoms with E-state index in [-0.39, 0.29) is 28.4 Å². The van der Waals surface area contributed by atoms with E-state index in [1.165, 1.54) is 18.4 Å². The van der Waals surface area contributed by atoms with E-state index >= 15 is 0 Å². The summed E-state index contributed by atoms with van der Waals surface area (Å²) in [5.41, 5.74) is 2.88. The lowest BCUT2D eigenvalue weighted by Crippen LogP contribution is -2.06. The normalized spacial score (nSPS) is 11.3. The number of alkyl halides is 2. The molecule has 7 nitrogen and oxygen atoms in total. The Hall–Kier alpha value is -3.40. The van der Waals surface area contributed by atoms with Gasteiger partial charge in [0.05, 0.1) is 12.0 Å². The van der Waals surface area contributed by atoms with Crippen LogP contribution in [-0.4, -0.2) is 32.9 Å². The van der Waals surface area contributed by atoms with Gasteiger partial charge in [0.1, 0.15) is 5.75 Å². The first-order valence-electron chi connectivity index (χ1n) is 9.20.